The summed E-state index contributed by atoms with van der Waals surface area (Å²) in [4.78, 5) is 24.7. The predicted molar refractivity (Wildman–Crippen MR) is 101 cm³/mol. The van der Waals surface area contributed by atoms with Gasteiger partial charge in [0.05, 0.1) is 0 Å². The third kappa shape index (κ3) is 6.19. The zero-order valence-corrected chi connectivity index (χ0v) is 16.4. The Labute approximate surface area is 153 Å². The molecule has 25 heavy (non-hydrogen) atoms. The van der Waals surface area contributed by atoms with Gasteiger partial charge in [-0.25, -0.2) is 4.79 Å². The average Bonchev–Trinajstić information content (AvgIpc) is 2.54. The van der Waals surface area contributed by atoms with E-state index in [4.69, 9.17) is 0 Å². The second-order valence-electron chi connectivity index (χ2n) is 8.64. The number of rotatable bonds is 5. The first-order valence-corrected chi connectivity index (χ1v) is 10.2. The molecule has 2 saturated carbocycles. The summed E-state index contributed by atoms with van der Waals surface area (Å²) >= 11 is 0. The molecule has 0 spiro atoms. The van der Waals surface area contributed by atoms with Crippen molar-refractivity contribution < 1.29 is 9.59 Å². The van der Waals surface area contributed by atoms with E-state index in [1.54, 1.807) is 0 Å². The summed E-state index contributed by atoms with van der Waals surface area (Å²) in [6.45, 7) is 8.47. The first-order valence-electron chi connectivity index (χ1n) is 10.2. The molecule has 3 N–H and O–H groups in total. The Morgan fingerprint density at radius 1 is 0.880 bits per heavy atom. The molecular formula is C20H37N3O2. The van der Waals surface area contributed by atoms with Gasteiger partial charge in [-0.2, -0.15) is 0 Å². The highest BCUT2D eigenvalue weighted by Gasteiger charge is 2.31. The lowest BCUT2D eigenvalue weighted by Gasteiger charge is -2.36. The van der Waals surface area contributed by atoms with Crippen molar-refractivity contribution in [3.63, 3.8) is 0 Å². The zero-order chi connectivity index (χ0) is 18.4. The Balaban J connectivity index is 1.82. The summed E-state index contributed by atoms with van der Waals surface area (Å²) in [7, 11) is 0. The number of nitrogens with one attached hydrogen (secondary N) is 3. The van der Waals surface area contributed by atoms with E-state index < -0.39 is 0 Å². The van der Waals surface area contributed by atoms with Crippen LogP contribution in [0.25, 0.3) is 0 Å². The highest BCUT2D eigenvalue weighted by molar-refractivity contribution is 5.79. The van der Waals surface area contributed by atoms with Crippen molar-refractivity contribution in [1.82, 2.24) is 16.0 Å². The molecule has 5 heteroatoms. The molecule has 0 aromatic heterocycles. The molecule has 4 atom stereocenters. The SMILES string of the molecule is CC(C)NC(=O)C1CCCC(NC(=O)NC2CCCCC2C(C)C)C1. The van der Waals surface area contributed by atoms with Gasteiger partial charge in [0.2, 0.25) is 5.91 Å². The Bertz CT molecular complexity index is 450. The van der Waals surface area contributed by atoms with E-state index in [0.29, 0.717) is 11.8 Å². The van der Waals surface area contributed by atoms with Gasteiger partial charge in [0.15, 0.2) is 0 Å². The van der Waals surface area contributed by atoms with Crippen LogP contribution < -0.4 is 16.0 Å². The molecular weight excluding hydrogens is 314 g/mol. The van der Waals surface area contributed by atoms with Gasteiger partial charge >= 0.3 is 6.03 Å². The third-order valence-corrected chi connectivity index (χ3v) is 5.80. The molecule has 3 amide bonds. The monoisotopic (exact) mass is 351 g/mol. The van der Waals surface area contributed by atoms with Crippen LogP contribution in [0.1, 0.15) is 79.1 Å². The van der Waals surface area contributed by atoms with Crippen molar-refractivity contribution in [1.29, 1.82) is 0 Å². The molecule has 0 radical (unpaired) electrons. The molecule has 5 nitrogen and oxygen atoms in total. The smallest absolute Gasteiger partial charge is 0.315 e. The fraction of sp³-hybridized carbons (Fsp3) is 0.900. The third-order valence-electron chi connectivity index (χ3n) is 5.80. The highest BCUT2D eigenvalue weighted by Crippen LogP contribution is 2.30. The van der Waals surface area contributed by atoms with E-state index in [-0.39, 0.29) is 36.0 Å². The summed E-state index contributed by atoms with van der Waals surface area (Å²) in [6.07, 6.45) is 8.42. The van der Waals surface area contributed by atoms with E-state index in [2.05, 4.69) is 29.8 Å². The van der Waals surface area contributed by atoms with Crippen LogP contribution in [-0.2, 0) is 4.79 Å². The van der Waals surface area contributed by atoms with Gasteiger partial charge in [-0.3, -0.25) is 4.79 Å². The maximum Gasteiger partial charge on any atom is 0.315 e. The summed E-state index contributed by atoms with van der Waals surface area (Å²) in [5.74, 6) is 1.34. The quantitative estimate of drug-likeness (QED) is 0.708. The minimum atomic E-state index is -0.0486. The lowest BCUT2D eigenvalue weighted by molar-refractivity contribution is -0.126. The Hall–Kier alpha value is -1.26. The summed E-state index contributed by atoms with van der Waals surface area (Å²) in [6, 6.07) is 0.519. The molecule has 2 rings (SSSR count). The van der Waals surface area contributed by atoms with E-state index in [1.165, 1.54) is 19.3 Å². The standard InChI is InChI=1S/C20H37N3O2/c1-13(2)17-10-5-6-11-18(17)23-20(25)22-16-9-7-8-15(12-16)19(24)21-14(3)4/h13-18H,5-12H2,1-4H3,(H,21,24)(H2,22,23,25). The fourth-order valence-electron chi connectivity index (χ4n) is 4.49. The van der Waals surface area contributed by atoms with Gasteiger partial charge < -0.3 is 16.0 Å². The van der Waals surface area contributed by atoms with Crippen molar-refractivity contribution >= 4 is 11.9 Å². The van der Waals surface area contributed by atoms with E-state index in [9.17, 15) is 9.59 Å². The highest BCUT2D eigenvalue weighted by atomic mass is 16.2. The number of urea groups is 1. The topological polar surface area (TPSA) is 70.2 Å². The zero-order valence-electron chi connectivity index (χ0n) is 16.4. The van der Waals surface area contributed by atoms with Crippen LogP contribution in [0.4, 0.5) is 4.79 Å². The fourth-order valence-corrected chi connectivity index (χ4v) is 4.49. The van der Waals surface area contributed by atoms with Crippen molar-refractivity contribution in [2.45, 2.75) is 97.2 Å². The molecule has 0 aromatic rings. The number of carbonyl (C=O) groups excluding carboxylic acids is 2. The first-order chi connectivity index (χ1) is 11.9. The number of hydrogen-bond donors (Lipinski definition) is 3. The number of amides is 3. The largest absolute Gasteiger partial charge is 0.354 e. The van der Waals surface area contributed by atoms with E-state index >= 15 is 0 Å². The molecule has 0 aromatic carbocycles. The maximum absolute atomic E-state index is 12.5. The first kappa shape index (κ1) is 20.1. The lowest BCUT2D eigenvalue weighted by Crippen LogP contribution is -2.51. The molecule has 2 aliphatic carbocycles. The van der Waals surface area contributed by atoms with Gasteiger partial charge in [0.1, 0.15) is 0 Å². The van der Waals surface area contributed by atoms with Gasteiger partial charge in [-0.15, -0.1) is 0 Å². The van der Waals surface area contributed by atoms with Crippen LogP contribution >= 0.6 is 0 Å². The summed E-state index contributed by atoms with van der Waals surface area (Å²) in [5, 5.41) is 9.36. The molecule has 0 aliphatic heterocycles. The normalized spacial score (nSPS) is 30.2. The predicted octanol–water partition coefficient (Wildman–Crippen LogP) is 3.58. The molecule has 0 bridgehead atoms. The molecule has 0 saturated heterocycles. The second kappa shape index (κ2) is 9.44. The minimum Gasteiger partial charge on any atom is -0.354 e. The van der Waals surface area contributed by atoms with Gasteiger partial charge in [-0.1, -0.05) is 33.1 Å². The summed E-state index contributed by atoms with van der Waals surface area (Å²) < 4.78 is 0. The molecule has 2 fully saturated rings. The van der Waals surface area contributed by atoms with E-state index in [1.807, 2.05) is 13.8 Å². The summed E-state index contributed by atoms with van der Waals surface area (Å²) in [5.41, 5.74) is 0. The van der Waals surface area contributed by atoms with Gasteiger partial charge in [0.25, 0.3) is 0 Å². The van der Waals surface area contributed by atoms with Crippen LogP contribution in [0.3, 0.4) is 0 Å². The van der Waals surface area contributed by atoms with Crippen LogP contribution in [-0.4, -0.2) is 30.1 Å². The van der Waals surface area contributed by atoms with Crippen molar-refractivity contribution in [2.75, 3.05) is 0 Å². The van der Waals surface area contributed by atoms with Crippen molar-refractivity contribution in [2.24, 2.45) is 17.8 Å². The minimum absolute atomic E-state index is 0.0274. The van der Waals surface area contributed by atoms with Crippen LogP contribution in [0, 0.1) is 17.8 Å². The van der Waals surface area contributed by atoms with Crippen LogP contribution in [0.15, 0.2) is 0 Å². The molecule has 0 heterocycles. The van der Waals surface area contributed by atoms with Gasteiger partial charge in [-0.05, 0) is 57.8 Å². The maximum atomic E-state index is 12.5. The Kier molecular flexibility index (Phi) is 7.57. The van der Waals surface area contributed by atoms with Crippen LogP contribution in [0.5, 0.6) is 0 Å². The molecule has 2 aliphatic rings. The number of carbonyl (C=O) groups is 2. The van der Waals surface area contributed by atoms with Crippen LogP contribution in [0.2, 0.25) is 0 Å². The lowest BCUT2D eigenvalue weighted by atomic mass is 9.78. The van der Waals surface area contributed by atoms with Gasteiger partial charge in [0, 0.05) is 24.0 Å². The number of hydrogen-bond acceptors (Lipinski definition) is 2. The second-order valence-corrected chi connectivity index (χ2v) is 8.64. The molecule has 144 valence electrons. The van der Waals surface area contributed by atoms with Crippen molar-refractivity contribution in [3.8, 4) is 0 Å². The van der Waals surface area contributed by atoms with E-state index in [0.717, 1.165) is 32.1 Å². The Morgan fingerprint density at radius 2 is 1.60 bits per heavy atom. The Morgan fingerprint density at radius 3 is 2.28 bits per heavy atom. The average molecular weight is 352 g/mol. The molecule has 4 unspecified atom stereocenters. The van der Waals surface area contributed by atoms with Crippen molar-refractivity contribution in [3.05, 3.63) is 0 Å².